The van der Waals surface area contributed by atoms with Crippen LogP contribution in [0.2, 0.25) is 0 Å². The Kier molecular flexibility index (Phi) is 6.51. The van der Waals surface area contributed by atoms with Crippen molar-refractivity contribution in [2.24, 2.45) is 5.41 Å². The Morgan fingerprint density at radius 3 is 1.93 bits per heavy atom. The first-order valence-corrected chi connectivity index (χ1v) is 6.52. The summed E-state index contributed by atoms with van der Waals surface area (Å²) in [4.78, 5) is 0. The fraction of sp³-hybridized carbons (Fsp3) is 1.00. The molecule has 92 valence electrons. The average Bonchev–Trinajstić information content (AvgIpc) is 2.01. The number of unbranched alkanes of at least 4 members (excludes halogenated alkanes) is 2. The lowest BCUT2D eigenvalue weighted by molar-refractivity contribution is 0.275. The third-order valence-electron chi connectivity index (χ3n) is 2.91. The van der Waals surface area contributed by atoms with Gasteiger partial charge in [0, 0.05) is 5.54 Å². The molecule has 1 heteroatoms. The van der Waals surface area contributed by atoms with E-state index in [4.69, 9.17) is 0 Å². The Morgan fingerprint density at radius 1 is 0.867 bits per heavy atom. The minimum absolute atomic E-state index is 0.263. The largest absolute Gasteiger partial charge is 0.312 e. The second-order valence-electron chi connectivity index (χ2n) is 6.55. The van der Waals surface area contributed by atoms with Gasteiger partial charge in [0.1, 0.15) is 0 Å². The zero-order valence-electron chi connectivity index (χ0n) is 11.7. The number of hydrogen-bond donors (Lipinski definition) is 1. The molecule has 1 nitrogen and oxygen atoms in total. The van der Waals surface area contributed by atoms with Gasteiger partial charge in [-0.1, -0.05) is 40.0 Å². The fourth-order valence-electron chi connectivity index (χ4n) is 1.75. The molecular weight excluding hydrogens is 182 g/mol. The summed E-state index contributed by atoms with van der Waals surface area (Å²) in [6.07, 6.45) is 6.76. The molecule has 0 spiro atoms. The van der Waals surface area contributed by atoms with Crippen LogP contribution in [0.15, 0.2) is 0 Å². The summed E-state index contributed by atoms with van der Waals surface area (Å²) in [5, 5.41) is 3.57. The summed E-state index contributed by atoms with van der Waals surface area (Å²) in [6, 6.07) is 0. The summed E-state index contributed by atoms with van der Waals surface area (Å²) >= 11 is 0. The lowest BCUT2D eigenvalue weighted by Gasteiger charge is -2.28. The van der Waals surface area contributed by atoms with E-state index in [1.807, 2.05) is 0 Å². The smallest absolute Gasteiger partial charge is 0.00965 e. The Morgan fingerprint density at radius 2 is 1.47 bits per heavy atom. The monoisotopic (exact) mass is 213 g/mol. The van der Waals surface area contributed by atoms with Crippen LogP contribution in [0.3, 0.4) is 0 Å². The van der Waals surface area contributed by atoms with E-state index >= 15 is 0 Å². The molecule has 0 aromatic rings. The number of hydrogen-bond acceptors (Lipinski definition) is 1. The van der Waals surface area contributed by atoms with Crippen molar-refractivity contribution in [2.45, 2.75) is 79.2 Å². The molecule has 15 heavy (non-hydrogen) atoms. The Hall–Kier alpha value is -0.0400. The lowest BCUT2D eigenvalue weighted by atomic mass is 9.83. The van der Waals surface area contributed by atoms with Crippen LogP contribution in [-0.2, 0) is 0 Å². The van der Waals surface area contributed by atoms with Crippen LogP contribution in [0.5, 0.6) is 0 Å². The standard InChI is InChI=1S/C14H31N/c1-7-8-9-10-14(5,6)11-12-15-13(2,3)4/h15H,7-12H2,1-6H3. The SMILES string of the molecule is CCCCCC(C)(C)CCNC(C)(C)C. The number of rotatable bonds is 7. The van der Waals surface area contributed by atoms with Crippen molar-refractivity contribution in [1.29, 1.82) is 0 Å². The highest BCUT2D eigenvalue weighted by molar-refractivity contribution is 4.74. The predicted octanol–water partition coefficient (Wildman–Crippen LogP) is 4.37. The van der Waals surface area contributed by atoms with Crippen molar-refractivity contribution in [3.8, 4) is 0 Å². The molecule has 0 aliphatic rings. The third kappa shape index (κ3) is 10.2. The Bertz CT molecular complexity index is 153. The van der Waals surface area contributed by atoms with E-state index < -0.39 is 0 Å². The molecular formula is C14H31N. The van der Waals surface area contributed by atoms with E-state index in [-0.39, 0.29) is 5.54 Å². The molecule has 0 heterocycles. The van der Waals surface area contributed by atoms with Gasteiger partial charge >= 0.3 is 0 Å². The van der Waals surface area contributed by atoms with Gasteiger partial charge in [-0.2, -0.15) is 0 Å². The van der Waals surface area contributed by atoms with Gasteiger partial charge in [-0.15, -0.1) is 0 Å². The van der Waals surface area contributed by atoms with Crippen molar-refractivity contribution in [3.63, 3.8) is 0 Å². The Balaban J connectivity index is 3.64. The molecule has 0 aliphatic carbocycles. The van der Waals surface area contributed by atoms with Gasteiger partial charge in [0.05, 0.1) is 0 Å². The molecule has 0 atom stereocenters. The highest BCUT2D eigenvalue weighted by atomic mass is 14.9. The molecule has 0 rings (SSSR count). The fourth-order valence-corrected chi connectivity index (χ4v) is 1.75. The van der Waals surface area contributed by atoms with Crippen molar-refractivity contribution in [2.75, 3.05) is 6.54 Å². The van der Waals surface area contributed by atoms with Gasteiger partial charge in [0.2, 0.25) is 0 Å². The van der Waals surface area contributed by atoms with Gasteiger partial charge in [-0.3, -0.25) is 0 Å². The molecule has 0 unspecified atom stereocenters. The van der Waals surface area contributed by atoms with E-state index in [1.165, 1.54) is 32.1 Å². The molecule has 0 radical (unpaired) electrons. The van der Waals surface area contributed by atoms with Crippen LogP contribution >= 0.6 is 0 Å². The van der Waals surface area contributed by atoms with Crippen LogP contribution in [0, 0.1) is 5.41 Å². The molecule has 0 bridgehead atoms. The zero-order valence-corrected chi connectivity index (χ0v) is 11.7. The van der Waals surface area contributed by atoms with Crippen molar-refractivity contribution in [1.82, 2.24) is 5.32 Å². The summed E-state index contributed by atoms with van der Waals surface area (Å²) in [6.45, 7) is 14.9. The first kappa shape index (κ1) is 15.0. The van der Waals surface area contributed by atoms with E-state index in [0.717, 1.165) is 6.54 Å². The second-order valence-corrected chi connectivity index (χ2v) is 6.55. The summed E-state index contributed by atoms with van der Waals surface area (Å²) in [5.41, 5.74) is 0.771. The van der Waals surface area contributed by atoms with Crippen molar-refractivity contribution in [3.05, 3.63) is 0 Å². The maximum Gasteiger partial charge on any atom is 0.00965 e. The summed E-state index contributed by atoms with van der Waals surface area (Å²) in [5.74, 6) is 0. The van der Waals surface area contributed by atoms with Crippen LogP contribution in [-0.4, -0.2) is 12.1 Å². The summed E-state index contributed by atoms with van der Waals surface area (Å²) < 4.78 is 0. The first-order chi connectivity index (χ1) is 6.77. The summed E-state index contributed by atoms with van der Waals surface area (Å²) in [7, 11) is 0. The van der Waals surface area contributed by atoms with E-state index in [9.17, 15) is 0 Å². The van der Waals surface area contributed by atoms with Crippen LogP contribution in [0.4, 0.5) is 0 Å². The van der Waals surface area contributed by atoms with E-state index in [2.05, 4.69) is 46.9 Å². The molecule has 0 saturated carbocycles. The van der Waals surface area contributed by atoms with Gasteiger partial charge in [-0.05, 0) is 45.6 Å². The highest BCUT2D eigenvalue weighted by Crippen LogP contribution is 2.27. The van der Waals surface area contributed by atoms with Crippen molar-refractivity contribution < 1.29 is 0 Å². The van der Waals surface area contributed by atoms with Gasteiger partial charge in [-0.25, -0.2) is 0 Å². The van der Waals surface area contributed by atoms with Crippen LogP contribution < -0.4 is 5.32 Å². The molecule has 0 saturated heterocycles. The number of nitrogens with one attached hydrogen (secondary N) is 1. The van der Waals surface area contributed by atoms with Gasteiger partial charge in [0.15, 0.2) is 0 Å². The Labute approximate surface area is 97.0 Å². The average molecular weight is 213 g/mol. The van der Waals surface area contributed by atoms with E-state index in [0.29, 0.717) is 5.41 Å². The zero-order chi connectivity index (χ0) is 11.9. The quantitative estimate of drug-likeness (QED) is 0.619. The second kappa shape index (κ2) is 6.52. The normalized spacial score (nSPS) is 13.2. The minimum atomic E-state index is 0.263. The molecule has 0 aliphatic heterocycles. The molecule has 0 fully saturated rings. The lowest BCUT2D eigenvalue weighted by Crippen LogP contribution is -2.37. The van der Waals surface area contributed by atoms with Gasteiger partial charge in [0.25, 0.3) is 0 Å². The molecule has 1 N–H and O–H groups in total. The third-order valence-corrected chi connectivity index (χ3v) is 2.91. The highest BCUT2D eigenvalue weighted by Gasteiger charge is 2.18. The first-order valence-electron chi connectivity index (χ1n) is 6.52. The van der Waals surface area contributed by atoms with Crippen LogP contribution in [0.1, 0.15) is 73.6 Å². The van der Waals surface area contributed by atoms with Crippen LogP contribution in [0.25, 0.3) is 0 Å². The van der Waals surface area contributed by atoms with Crippen molar-refractivity contribution >= 4 is 0 Å². The molecule has 0 aromatic carbocycles. The topological polar surface area (TPSA) is 12.0 Å². The van der Waals surface area contributed by atoms with E-state index in [1.54, 1.807) is 0 Å². The molecule has 0 amide bonds. The maximum atomic E-state index is 3.57. The maximum absolute atomic E-state index is 3.57. The van der Waals surface area contributed by atoms with Gasteiger partial charge < -0.3 is 5.32 Å². The molecule has 0 aromatic heterocycles. The predicted molar refractivity (Wildman–Crippen MR) is 70.3 cm³/mol. The minimum Gasteiger partial charge on any atom is -0.312 e.